The van der Waals surface area contributed by atoms with Crippen LogP contribution in [0.5, 0.6) is 0 Å². The van der Waals surface area contributed by atoms with Crippen molar-refractivity contribution in [1.29, 1.82) is 0 Å². The molecular weight excluding hydrogens is 276 g/mol. The Morgan fingerprint density at radius 1 is 1.48 bits per heavy atom. The fraction of sp³-hybridized carbons (Fsp3) is 0.438. The Balaban J connectivity index is 2.81. The first-order chi connectivity index (χ1) is 9.99. The summed E-state index contributed by atoms with van der Waals surface area (Å²) in [5.74, 6) is -1.63. The van der Waals surface area contributed by atoms with E-state index >= 15 is 0 Å². The Hall–Kier alpha value is -1.75. The third-order valence-corrected chi connectivity index (χ3v) is 3.07. The number of hydrogen-bond acceptors (Lipinski definition) is 2. The number of benzene rings is 1. The van der Waals surface area contributed by atoms with Crippen molar-refractivity contribution in [2.45, 2.75) is 38.8 Å². The number of ether oxygens (including phenoxy) is 1. The van der Waals surface area contributed by atoms with Crippen molar-refractivity contribution in [3.8, 4) is 0 Å². The van der Waals surface area contributed by atoms with E-state index in [1.807, 2.05) is 6.92 Å². The highest BCUT2D eigenvalue weighted by molar-refractivity contribution is 5.80. The first-order valence-corrected chi connectivity index (χ1v) is 6.97. The number of carbonyl (C=O) groups is 1. The molecule has 116 valence electrons. The minimum atomic E-state index is -0.661. The van der Waals surface area contributed by atoms with Gasteiger partial charge in [0.05, 0.1) is 12.6 Å². The van der Waals surface area contributed by atoms with Crippen molar-refractivity contribution in [3.63, 3.8) is 0 Å². The molecule has 0 spiro atoms. The molecule has 1 rings (SSSR count). The minimum absolute atomic E-state index is 0.262. The first-order valence-electron chi connectivity index (χ1n) is 6.97. The third-order valence-electron chi connectivity index (χ3n) is 3.07. The molecule has 0 fully saturated rings. The van der Waals surface area contributed by atoms with Crippen LogP contribution in [0.3, 0.4) is 0 Å². The van der Waals surface area contributed by atoms with E-state index in [-0.39, 0.29) is 18.1 Å². The van der Waals surface area contributed by atoms with Crippen molar-refractivity contribution in [3.05, 3.63) is 48.1 Å². The van der Waals surface area contributed by atoms with Gasteiger partial charge >= 0.3 is 0 Å². The molecule has 1 aromatic rings. The highest BCUT2D eigenvalue weighted by atomic mass is 19.1. The van der Waals surface area contributed by atoms with E-state index in [0.29, 0.717) is 6.42 Å². The molecule has 0 bridgehead atoms. The van der Waals surface area contributed by atoms with Crippen molar-refractivity contribution in [2.75, 3.05) is 6.61 Å². The van der Waals surface area contributed by atoms with E-state index < -0.39 is 23.8 Å². The lowest BCUT2D eigenvalue weighted by Gasteiger charge is -2.21. The average molecular weight is 297 g/mol. The SMILES string of the molecule is C=CCOC(C)C(=O)NC(CCC)c1ccc(F)cc1F. The lowest BCUT2D eigenvalue weighted by atomic mass is 10.0. The molecule has 1 amide bonds. The molecule has 0 aromatic heterocycles. The second kappa shape index (κ2) is 8.52. The van der Waals surface area contributed by atoms with Gasteiger partial charge < -0.3 is 10.1 Å². The summed E-state index contributed by atoms with van der Waals surface area (Å²) in [6.07, 6.45) is 2.20. The molecule has 0 saturated carbocycles. The molecule has 21 heavy (non-hydrogen) atoms. The molecule has 0 heterocycles. The molecular formula is C16H21F2NO2. The predicted molar refractivity (Wildman–Crippen MR) is 77.8 cm³/mol. The van der Waals surface area contributed by atoms with Crippen LogP contribution in [0.1, 0.15) is 38.3 Å². The summed E-state index contributed by atoms with van der Waals surface area (Å²) >= 11 is 0. The van der Waals surface area contributed by atoms with Crippen LogP contribution in [0.25, 0.3) is 0 Å². The second-order valence-electron chi connectivity index (χ2n) is 4.78. The summed E-state index contributed by atoms with van der Waals surface area (Å²) < 4.78 is 32.0. The summed E-state index contributed by atoms with van der Waals surface area (Å²) in [5, 5.41) is 2.74. The van der Waals surface area contributed by atoms with Crippen LogP contribution < -0.4 is 5.32 Å². The van der Waals surface area contributed by atoms with E-state index in [9.17, 15) is 13.6 Å². The van der Waals surface area contributed by atoms with Gasteiger partial charge in [0, 0.05) is 11.6 Å². The van der Waals surface area contributed by atoms with Crippen LogP contribution in [0.2, 0.25) is 0 Å². The standard InChI is InChI=1S/C16H21F2NO2/c1-4-6-15(13-8-7-12(17)10-14(13)18)19-16(20)11(3)21-9-5-2/h5,7-8,10-11,15H,2,4,6,9H2,1,3H3,(H,19,20). The Kier molecular flexibility index (Phi) is 7.02. The van der Waals surface area contributed by atoms with Crippen LogP contribution in [0.4, 0.5) is 8.78 Å². The van der Waals surface area contributed by atoms with E-state index in [1.165, 1.54) is 12.1 Å². The van der Waals surface area contributed by atoms with Crippen LogP contribution in [-0.4, -0.2) is 18.6 Å². The van der Waals surface area contributed by atoms with Crippen molar-refractivity contribution >= 4 is 5.91 Å². The molecule has 2 atom stereocenters. The van der Waals surface area contributed by atoms with Gasteiger partial charge in [0.25, 0.3) is 0 Å². The van der Waals surface area contributed by atoms with Gasteiger partial charge in [-0.25, -0.2) is 8.78 Å². The van der Waals surface area contributed by atoms with E-state index in [2.05, 4.69) is 11.9 Å². The number of carbonyl (C=O) groups excluding carboxylic acids is 1. The zero-order chi connectivity index (χ0) is 15.8. The van der Waals surface area contributed by atoms with Gasteiger partial charge in [-0.3, -0.25) is 4.79 Å². The van der Waals surface area contributed by atoms with Gasteiger partial charge in [-0.1, -0.05) is 25.5 Å². The number of nitrogens with one attached hydrogen (secondary N) is 1. The molecule has 1 N–H and O–H groups in total. The van der Waals surface area contributed by atoms with Crippen LogP contribution >= 0.6 is 0 Å². The summed E-state index contributed by atoms with van der Waals surface area (Å²) in [6.45, 7) is 7.31. The number of rotatable bonds is 8. The molecule has 1 aromatic carbocycles. The largest absolute Gasteiger partial charge is 0.365 e. The summed E-state index contributed by atoms with van der Waals surface area (Å²) in [5.41, 5.74) is 0.280. The first kappa shape index (κ1) is 17.3. The van der Waals surface area contributed by atoms with Gasteiger partial charge in [0.1, 0.15) is 17.7 Å². The van der Waals surface area contributed by atoms with E-state index in [4.69, 9.17) is 4.74 Å². The molecule has 0 saturated heterocycles. The summed E-state index contributed by atoms with van der Waals surface area (Å²) in [4.78, 5) is 12.0. The quantitative estimate of drug-likeness (QED) is 0.746. The zero-order valence-electron chi connectivity index (χ0n) is 12.4. The Morgan fingerprint density at radius 3 is 2.76 bits per heavy atom. The number of halogens is 2. The van der Waals surface area contributed by atoms with Crippen LogP contribution in [0.15, 0.2) is 30.9 Å². The smallest absolute Gasteiger partial charge is 0.249 e. The monoisotopic (exact) mass is 297 g/mol. The van der Waals surface area contributed by atoms with E-state index in [0.717, 1.165) is 12.5 Å². The molecule has 5 heteroatoms. The lowest BCUT2D eigenvalue weighted by Crippen LogP contribution is -2.37. The Labute approximate surface area is 124 Å². The predicted octanol–water partition coefficient (Wildman–Crippen LogP) is 3.51. The normalized spacial score (nSPS) is 13.5. The molecule has 2 unspecified atom stereocenters. The summed E-state index contributed by atoms with van der Waals surface area (Å²) in [7, 11) is 0. The topological polar surface area (TPSA) is 38.3 Å². The molecule has 0 aliphatic carbocycles. The number of amides is 1. The summed E-state index contributed by atoms with van der Waals surface area (Å²) in [6, 6.07) is 2.87. The van der Waals surface area contributed by atoms with Crippen molar-refractivity contribution in [1.82, 2.24) is 5.32 Å². The maximum atomic E-state index is 13.8. The fourth-order valence-corrected chi connectivity index (χ4v) is 1.96. The van der Waals surface area contributed by atoms with Gasteiger partial charge in [-0.15, -0.1) is 6.58 Å². The zero-order valence-corrected chi connectivity index (χ0v) is 12.4. The Bertz CT molecular complexity index is 491. The Morgan fingerprint density at radius 2 is 2.19 bits per heavy atom. The maximum Gasteiger partial charge on any atom is 0.249 e. The number of hydrogen-bond donors (Lipinski definition) is 1. The molecule has 0 aliphatic heterocycles. The second-order valence-corrected chi connectivity index (χ2v) is 4.78. The van der Waals surface area contributed by atoms with Gasteiger partial charge in [-0.2, -0.15) is 0 Å². The van der Waals surface area contributed by atoms with Crippen LogP contribution in [0, 0.1) is 11.6 Å². The third kappa shape index (κ3) is 5.27. The van der Waals surface area contributed by atoms with Gasteiger partial charge in [-0.05, 0) is 19.4 Å². The fourth-order valence-electron chi connectivity index (χ4n) is 1.96. The van der Waals surface area contributed by atoms with Gasteiger partial charge in [0.2, 0.25) is 5.91 Å². The van der Waals surface area contributed by atoms with Crippen LogP contribution in [-0.2, 0) is 9.53 Å². The molecule has 0 aliphatic rings. The highest BCUT2D eigenvalue weighted by Crippen LogP contribution is 2.22. The minimum Gasteiger partial charge on any atom is -0.365 e. The molecule has 0 radical (unpaired) electrons. The highest BCUT2D eigenvalue weighted by Gasteiger charge is 2.21. The average Bonchev–Trinajstić information content (AvgIpc) is 2.44. The molecule has 3 nitrogen and oxygen atoms in total. The van der Waals surface area contributed by atoms with Crippen molar-refractivity contribution in [2.24, 2.45) is 0 Å². The maximum absolute atomic E-state index is 13.8. The van der Waals surface area contributed by atoms with Crippen molar-refractivity contribution < 1.29 is 18.3 Å². The van der Waals surface area contributed by atoms with E-state index in [1.54, 1.807) is 13.0 Å². The lowest BCUT2D eigenvalue weighted by molar-refractivity contribution is -0.131. The van der Waals surface area contributed by atoms with Gasteiger partial charge in [0.15, 0.2) is 0 Å².